The van der Waals surface area contributed by atoms with Crippen molar-refractivity contribution in [1.29, 1.82) is 0 Å². The fourth-order valence-corrected chi connectivity index (χ4v) is 8.09. The minimum atomic E-state index is -0.0452. The Bertz CT molecular complexity index is 630. The molecule has 3 saturated carbocycles. The van der Waals surface area contributed by atoms with Crippen LogP contribution in [-0.4, -0.2) is 11.2 Å². The van der Waals surface area contributed by atoms with Crippen LogP contribution in [0.1, 0.15) is 92.4 Å². The van der Waals surface area contributed by atoms with Gasteiger partial charge in [-0.2, -0.15) is 0 Å². The number of rotatable bonds is 4. The molecule has 0 amide bonds. The fourth-order valence-electron chi connectivity index (χ4n) is 8.09. The average Bonchev–Trinajstić information content (AvgIpc) is 2.99. The summed E-state index contributed by atoms with van der Waals surface area (Å²) in [6.07, 6.45) is 19.0. The SMILES string of the molecule is CC(C)CC=C[C@@H](C)[C@H]1CC[C@H]2C3=CCC4CC(O)CC[C@]4(C)[C@H]3CC[C@]12C. The van der Waals surface area contributed by atoms with Crippen molar-refractivity contribution in [2.24, 2.45) is 46.3 Å². The third-order valence-corrected chi connectivity index (χ3v) is 9.81. The third kappa shape index (κ3) is 3.34. The van der Waals surface area contributed by atoms with Crippen LogP contribution in [0.2, 0.25) is 0 Å². The van der Waals surface area contributed by atoms with E-state index in [0.717, 1.165) is 36.5 Å². The van der Waals surface area contributed by atoms with E-state index >= 15 is 0 Å². The Labute approximate surface area is 174 Å². The Morgan fingerprint density at radius 1 is 1.04 bits per heavy atom. The molecule has 28 heavy (non-hydrogen) atoms. The molecule has 0 spiro atoms. The van der Waals surface area contributed by atoms with Gasteiger partial charge in [-0.15, -0.1) is 0 Å². The lowest BCUT2D eigenvalue weighted by Crippen LogP contribution is -2.49. The Morgan fingerprint density at radius 3 is 2.50 bits per heavy atom. The van der Waals surface area contributed by atoms with Crippen LogP contribution < -0.4 is 0 Å². The number of hydrogen-bond acceptors (Lipinski definition) is 1. The summed E-state index contributed by atoms with van der Waals surface area (Å²) in [5.41, 5.74) is 2.80. The minimum Gasteiger partial charge on any atom is -0.393 e. The maximum atomic E-state index is 10.2. The molecule has 3 fully saturated rings. The summed E-state index contributed by atoms with van der Waals surface area (Å²) in [4.78, 5) is 0. The summed E-state index contributed by atoms with van der Waals surface area (Å²) < 4.78 is 0. The third-order valence-electron chi connectivity index (χ3n) is 9.81. The van der Waals surface area contributed by atoms with Gasteiger partial charge in [0, 0.05) is 0 Å². The van der Waals surface area contributed by atoms with Gasteiger partial charge in [-0.05, 0) is 104 Å². The van der Waals surface area contributed by atoms with Crippen LogP contribution in [0.5, 0.6) is 0 Å². The normalized spacial score (nSPS) is 46.8. The van der Waals surface area contributed by atoms with Crippen LogP contribution >= 0.6 is 0 Å². The molecule has 1 nitrogen and oxygen atoms in total. The van der Waals surface area contributed by atoms with Crippen molar-refractivity contribution < 1.29 is 5.11 Å². The monoisotopic (exact) mass is 384 g/mol. The summed E-state index contributed by atoms with van der Waals surface area (Å²) >= 11 is 0. The maximum Gasteiger partial charge on any atom is 0.0543 e. The van der Waals surface area contributed by atoms with Gasteiger partial charge in [-0.3, -0.25) is 0 Å². The topological polar surface area (TPSA) is 20.2 Å². The van der Waals surface area contributed by atoms with E-state index in [1.807, 2.05) is 5.57 Å². The molecule has 1 heteroatoms. The van der Waals surface area contributed by atoms with E-state index < -0.39 is 0 Å². The number of hydrogen-bond donors (Lipinski definition) is 1. The van der Waals surface area contributed by atoms with Gasteiger partial charge >= 0.3 is 0 Å². The second-order valence-corrected chi connectivity index (χ2v) is 11.8. The first-order chi connectivity index (χ1) is 13.3. The lowest BCUT2D eigenvalue weighted by molar-refractivity contribution is -0.0414. The van der Waals surface area contributed by atoms with E-state index in [0.29, 0.717) is 22.7 Å². The second kappa shape index (κ2) is 7.60. The Morgan fingerprint density at radius 2 is 1.75 bits per heavy atom. The van der Waals surface area contributed by atoms with Gasteiger partial charge < -0.3 is 5.11 Å². The molecule has 2 unspecified atom stereocenters. The molecular weight excluding hydrogens is 340 g/mol. The van der Waals surface area contributed by atoms with Crippen molar-refractivity contribution in [3.05, 3.63) is 23.8 Å². The summed E-state index contributed by atoms with van der Waals surface area (Å²) in [5.74, 6) is 4.65. The van der Waals surface area contributed by atoms with Gasteiger partial charge in [0.25, 0.3) is 0 Å². The Hall–Kier alpha value is -0.560. The van der Waals surface area contributed by atoms with Crippen LogP contribution in [0.3, 0.4) is 0 Å². The van der Waals surface area contributed by atoms with Gasteiger partial charge in [-0.25, -0.2) is 0 Å². The highest BCUT2D eigenvalue weighted by Crippen LogP contribution is 2.66. The molecule has 158 valence electrons. The molecule has 1 N–H and O–H groups in total. The zero-order valence-electron chi connectivity index (χ0n) is 19.1. The van der Waals surface area contributed by atoms with Gasteiger partial charge in [0.1, 0.15) is 0 Å². The lowest BCUT2D eigenvalue weighted by atomic mass is 9.47. The Balaban J connectivity index is 1.54. The average molecular weight is 385 g/mol. The second-order valence-electron chi connectivity index (χ2n) is 11.8. The number of fused-ring (bicyclic) bond motifs is 5. The first-order valence-corrected chi connectivity index (χ1v) is 12.3. The molecule has 0 heterocycles. The van der Waals surface area contributed by atoms with Gasteiger partial charge in [0.05, 0.1) is 6.10 Å². The number of aliphatic hydroxyl groups is 1. The van der Waals surface area contributed by atoms with Gasteiger partial charge in [0.15, 0.2) is 0 Å². The lowest BCUT2D eigenvalue weighted by Gasteiger charge is -2.57. The molecule has 4 aliphatic carbocycles. The first-order valence-electron chi connectivity index (χ1n) is 12.3. The van der Waals surface area contributed by atoms with Crippen molar-refractivity contribution in [3.63, 3.8) is 0 Å². The zero-order valence-corrected chi connectivity index (χ0v) is 19.1. The summed E-state index contributed by atoms with van der Waals surface area (Å²) in [7, 11) is 0. The quantitative estimate of drug-likeness (QED) is 0.510. The van der Waals surface area contributed by atoms with Crippen LogP contribution in [0.25, 0.3) is 0 Å². The highest BCUT2D eigenvalue weighted by molar-refractivity contribution is 5.28. The highest BCUT2D eigenvalue weighted by Gasteiger charge is 2.57. The van der Waals surface area contributed by atoms with E-state index in [1.165, 1.54) is 44.9 Å². The van der Waals surface area contributed by atoms with Crippen LogP contribution in [-0.2, 0) is 0 Å². The van der Waals surface area contributed by atoms with Crippen LogP contribution in [0, 0.1) is 46.3 Å². The highest BCUT2D eigenvalue weighted by atomic mass is 16.3. The fraction of sp³-hybridized carbons (Fsp3) is 0.852. The Kier molecular flexibility index (Phi) is 5.62. The summed E-state index contributed by atoms with van der Waals surface area (Å²) in [5, 5.41) is 10.2. The first kappa shape index (κ1) is 20.7. The zero-order chi connectivity index (χ0) is 20.1. The van der Waals surface area contributed by atoms with Crippen LogP contribution in [0.4, 0.5) is 0 Å². The molecule has 4 aliphatic rings. The van der Waals surface area contributed by atoms with Crippen molar-refractivity contribution >= 4 is 0 Å². The summed E-state index contributed by atoms with van der Waals surface area (Å²) in [6, 6.07) is 0. The molecule has 0 radical (unpaired) electrons. The molecule has 8 atom stereocenters. The van der Waals surface area contributed by atoms with E-state index in [9.17, 15) is 5.11 Å². The standard InChI is InChI=1S/C27H44O/c1-18(2)7-6-8-19(3)23-11-12-24-22-10-9-20-17-21(28)13-15-26(20,4)25(22)14-16-27(23,24)5/h6,8,10,18-21,23-25,28H,7,9,11-17H2,1-5H3/t19-,20?,21?,23-,24+,25+,26+,27-/m1/s1. The predicted octanol–water partition coefficient (Wildman–Crippen LogP) is 7.16. The number of allylic oxidation sites excluding steroid dienone is 4. The molecular formula is C27H44O. The molecule has 4 rings (SSSR count). The molecule has 0 bridgehead atoms. The predicted molar refractivity (Wildman–Crippen MR) is 119 cm³/mol. The van der Waals surface area contributed by atoms with Crippen molar-refractivity contribution in [2.75, 3.05) is 0 Å². The largest absolute Gasteiger partial charge is 0.393 e. The minimum absolute atomic E-state index is 0.0452. The van der Waals surface area contributed by atoms with Gasteiger partial charge in [-0.1, -0.05) is 58.4 Å². The van der Waals surface area contributed by atoms with Gasteiger partial charge in [0.2, 0.25) is 0 Å². The molecule has 0 saturated heterocycles. The molecule has 0 aromatic heterocycles. The van der Waals surface area contributed by atoms with E-state index in [1.54, 1.807) is 0 Å². The smallest absolute Gasteiger partial charge is 0.0543 e. The molecule has 0 aliphatic heterocycles. The van der Waals surface area contributed by atoms with E-state index in [2.05, 4.69) is 52.8 Å². The van der Waals surface area contributed by atoms with E-state index in [4.69, 9.17) is 0 Å². The van der Waals surface area contributed by atoms with Crippen molar-refractivity contribution in [2.45, 2.75) is 98.5 Å². The molecule has 0 aromatic rings. The van der Waals surface area contributed by atoms with Crippen molar-refractivity contribution in [1.82, 2.24) is 0 Å². The van der Waals surface area contributed by atoms with Crippen molar-refractivity contribution in [3.8, 4) is 0 Å². The van der Waals surface area contributed by atoms with E-state index in [-0.39, 0.29) is 6.10 Å². The van der Waals surface area contributed by atoms with Crippen LogP contribution in [0.15, 0.2) is 23.8 Å². The molecule has 0 aromatic carbocycles. The maximum absolute atomic E-state index is 10.2. The summed E-state index contributed by atoms with van der Waals surface area (Å²) in [6.45, 7) is 12.3. The number of aliphatic hydroxyl groups excluding tert-OH is 1.